The maximum Gasteiger partial charge on any atom is 0.329 e. The van der Waals surface area contributed by atoms with Gasteiger partial charge in [-0.05, 0) is 29.8 Å². The van der Waals surface area contributed by atoms with Gasteiger partial charge >= 0.3 is 6.03 Å². The molecule has 1 atom stereocenters. The van der Waals surface area contributed by atoms with Crippen molar-refractivity contribution < 1.29 is 27.5 Å². The van der Waals surface area contributed by atoms with Crippen molar-refractivity contribution in [2.24, 2.45) is 0 Å². The van der Waals surface area contributed by atoms with E-state index in [0.29, 0.717) is 17.2 Å². The topological polar surface area (TPSA) is 114 Å². The summed E-state index contributed by atoms with van der Waals surface area (Å²) in [4.78, 5) is 27.2. The minimum Gasteiger partial charge on any atom is -0.454 e. The standard InChI is InChI=1S/C24H21Cl2N3O6S/c1-29(16-10-11-19-20(13-16)35-14-34-19)23(30)18(12-15-6-3-2-4-7-15)27-24(31)28-36(32,33)21-9-5-8-17(25)22(21)26/h2-11,13,18H,12,14H2,1H3,(H2,27,28,31). The first-order valence-corrected chi connectivity index (χ1v) is 12.9. The zero-order valence-electron chi connectivity index (χ0n) is 18.9. The number of anilines is 1. The molecule has 3 aromatic rings. The maximum atomic E-state index is 13.4. The first kappa shape index (κ1) is 25.6. The molecule has 0 saturated heterocycles. The summed E-state index contributed by atoms with van der Waals surface area (Å²) in [6.45, 7) is 0.0833. The van der Waals surface area contributed by atoms with Crippen molar-refractivity contribution in [3.8, 4) is 11.5 Å². The number of carbonyl (C=O) groups is 2. The van der Waals surface area contributed by atoms with E-state index in [1.165, 1.54) is 23.1 Å². The van der Waals surface area contributed by atoms with Crippen molar-refractivity contribution in [3.05, 3.63) is 82.3 Å². The fourth-order valence-corrected chi connectivity index (χ4v) is 5.24. The van der Waals surface area contributed by atoms with Crippen LogP contribution in [0.25, 0.3) is 0 Å². The lowest BCUT2D eigenvalue weighted by Crippen LogP contribution is -2.52. The van der Waals surface area contributed by atoms with Gasteiger partial charge in [0.05, 0.1) is 10.0 Å². The summed E-state index contributed by atoms with van der Waals surface area (Å²) < 4.78 is 38.1. The number of fused-ring (bicyclic) bond motifs is 1. The number of ether oxygens (including phenoxy) is 2. The van der Waals surface area contributed by atoms with Crippen LogP contribution in [0.15, 0.2) is 71.6 Å². The molecule has 1 aliphatic heterocycles. The number of sulfonamides is 1. The Bertz CT molecular complexity index is 1400. The van der Waals surface area contributed by atoms with Crippen molar-refractivity contribution >= 4 is 50.9 Å². The molecule has 12 heteroatoms. The molecule has 4 rings (SSSR count). The van der Waals surface area contributed by atoms with Crippen LogP contribution in [0.2, 0.25) is 10.0 Å². The van der Waals surface area contributed by atoms with Crippen LogP contribution in [0.3, 0.4) is 0 Å². The zero-order valence-corrected chi connectivity index (χ0v) is 21.2. The Morgan fingerprint density at radius 1 is 1.00 bits per heavy atom. The average molecular weight is 550 g/mol. The molecule has 3 amide bonds. The number of rotatable bonds is 7. The van der Waals surface area contributed by atoms with Crippen LogP contribution < -0.4 is 24.4 Å². The van der Waals surface area contributed by atoms with Gasteiger partial charge in [-0.3, -0.25) is 4.79 Å². The van der Waals surface area contributed by atoms with E-state index in [2.05, 4.69) is 5.32 Å². The molecule has 2 N–H and O–H groups in total. The third kappa shape index (κ3) is 5.67. The van der Waals surface area contributed by atoms with Gasteiger partial charge in [0, 0.05) is 25.2 Å². The van der Waals surface area contributed by atoms with Crippen LogP contribution in [0.1, 0.15) is 5.56 Å². The molecule has 0 saturated carbocycles. The molecule has 1 aliphatic rings. The number of hydrogen-bond donors (Lipinski definition) is 2. The van der Waals surface area contributed by atoms with E-state index in [4.69, 9.17) is 32.7 Å². The van der Waals surface area contributed by atoms with Crippen molar-refractivity contribution in [2.45, 2.75) is 17.4 Å². The Morgan fingerprint density at radius 2 is 1.72 bits per heavy atom. The Hall–Kier alpha value is -3.47. The van der Waals surface area contributed by atoms with Crippen LogP contribution in [-0.4, -0.2) is 40.2 Å². The molecule has 188 valence electrons. The largest absolute Gasteiger partial charge is 0.454 e. The van der Waals surface area contributed by atoms with E-state index in [1.807, 2.05) is 10.8 Å². The SMILES string of the molecule is CN(C(=O)C(Cc1ccccc1)NC(=O)NS(=O)(=O)c1cccc(Cl)c1Cl)c1ccc2c(c1)OCO2. The summed E-state index contributed by atoms with van der Waals surface area (Å²) in [6, 6.07) is 15.8. The second-order valence-corrected chi connectivity index (χ2v) is 10.2. The normalized spacial score (nSPS) is 13.1. The number of amides is 3. The summed E-state index contributed by atoms with van der Waals surface area (Å²) >= 11 is 11.9. The van der Waals surface area contributed by atoms with Gasteiger partial charge in [0.1, 0.15) is 10.9 Å². The second kappa shape index (κ2) is 10.7. The number of carbonyl (C=O) groups excluding carboxylic acids is 2. The monoisotopic (exact) mass is 549 g/mol. The highest BCUT2D eigenvalue weighted by atomic mass is 35.5. The minimum atomic E-state index is -4.37. The molecule has 0 aliphatic carbocycles. The Balaban J connectivity index is 1.55. The van der Waals surface area contributed by atoms with E-state index in [9.17, 15) is 18.0 Å². The highest BCUT2D eigenvalue weighted by Crippen LogP contribution is 2.35. The molecule has 0 spiro atoms. The number of likely N-dealkylation sites (N-methyl/N-ethyl adjacent to an activating group) is 1. The third-order valence-corrected chi connectivity index (χ3v) is 7.70. The third-order valence-electron chi connectivity index (χ3n) is 5.39. The molecule has 9 nitrogen and oxygen atoms in total. The number of benzene rings is 3. The predicted molar refractivity (Wildman–Crippen MR) is 135 cm³/mol. The molecule has 0 bridgehead atoms. The number of hydrogen-bond acceptors (Lipinski definition) is 6. The van der Waals surface area contributed by atoms with Crippen molar-refractivity contribution in [2.75, 3.05) is 18.7 Å². The first-order chi connectivity index (χ1) is 17.2. The van der Waals surface area contributed by atoms with Crippen molar-refractivity contribution in [1.29, 1.82) is 0 Å². The molecule has 1 heterocycles. The number of nitrogens with one attached hydrogen (secondary N) is 2. The van der Waals surface area contributed by atoms with Gasteiger partial charge in [0.15, 0.2) is 11.5 Å². The number of nitrogens with zero attached hydrogens (tertiary/aromatic N) is 1. The van der Waals surface area contributed by atoms with Gasteiger partial charge < -0.3 is 19.7 Å². The lowest BCUT2D eigenvalue weighted by molar-refractivity contribution is -0.120. The highest BCUT2D eigenvalue weighted by molar-refractivity contribution is 7.90. The van der Waals surface area contributed by atoms with Crippen molar-refractivity contribution in [1.82, 2.24) is 10.0 Å². The van der Waals surface area contributed by atoms with Gasteiger partial charge in [-0.2, -0.15) is 0 Å². The Morgan fingerprint density at radius 3 is 2.47 bits per heavy atom. The molecule has 36 heavy (non-hydrogen) atoms. The summed E-state index contributed by atoms with van der Waals surface area (Å²) in [7, 11) is -2.83. The van der Waals surface area contributed by atoms with E-state index in [1.54, 1.807) is 49.5 Å². The maximum absolute atomic E-state index is 13.4. The van der Waals surface area contributed by atoms with Gasteiger partial charge in [-0.25, -0.2) is 17.9 Å². The van der Waals surface area contributed by atoms with Crippen LogP contribution in [0, 0.1) is 0 Å². The zero-order chi connectivity index (χ0) is 25.9. The molecular weight excluding hydrogens is 529 g/mol. The van der Waals surface area contributed by atoms with Crippen LogP contribution in [-0.2, 0) is 21.2 Å². The molecule has 1 unspecified atom stereocenters. The van der Waals surface area contributed by atoms with E-state index in [-0.39, 0.29) is 28.2 Å². The molecule has 0 radical (unpaired) electrons. The van der Waals surface area contributed by atoms with E-state index < -0.39 is 28.0 Å². The summed E-state index contributed by atoms with van der Waals surface area (Å²) in [5.41, 5.74) is 1.26. The van der Waals surface area contributed by atoms with Gasteiger partial charge in [-0.15, -0.1) is 0 Å². The number of halogens is 2. The van der Waals surface area contributed by atoms with Gasteiger partial charge in [-0.1, -0.05) is 59.6 Å². The molecule has 3 aromatic carbocycles. The quantitative estimate of drug-likeness (QED) is 0.460. The minimum absolute atomic E-state index is 0.0161. The highest BCUT2D eigenvalue weighted by Gasteiger charge is 2.29. The predicted octanol–water partition coefficient (Wildman–Crippen LogP) is 3.98. The fourth-order valence-electron chi connectivity index (χ4n) is 3.56. The smallest absolute Gasteiger partial charge is 0.329 e. The lowest BCUT2D eigenvalue weighted by Gasteiger charge is -2.25. The van der Waals surface area contributed by atoms with E-state index >= 15 is 0 Å². The lowest BCUT2D eigenvalue weighted by atomic mass is 10.0. The summed E-state index contributed by atoms with van der Waals surface area (Å²) in [6.07, 6.45) is 0.111. The molecule has 0 aromatic heterocycles. The van der Waals surface area contributed by atoms with Crippen LogP contribution in [0.5, 0.6) is 11.5 Å². The van der Waals surface area contributed by atoms with Gasteiger partial charge in [0.25, 0.3) is 10.0 Å². The van der Waals surface area contributed by atoms with Crippen LogP contribution >= 0.6 is 23.2 Å². The van der Waals surface area contributed by atoms with Crippen molar-refractivity contribution in [3.63, 3.8) is 0 Å². The van der Waals surface area contributed by atoms with Crippen LogP contribution in [0.4, 0.5) is 10.5 Å². The number of urea groups is 1. The average Bonchev–Trinajstić information content (AvgIpc) is 3.32. The van der Waals surface area contributed by atoms with Gasteiger partial charge in [0.2, 0.25) is 12.7 Å². The van der Waals surface area contributed by atoms with E-state index in [0.717, 1.165) is 5.56 Å². The Labute approximate surface area is 218 Å². The summed E-state index contributed by atoms with van der Waals surface area (Å²) in [5.74, 6) is 0.566. The Kier molecular flexibility index (Phi) is 7.58. The fraction of sp³-hybridized carbons (Fsp3) is 0.167. The molecule has 0 fully saturated rings. The first-order valence-electron chi connectivity index (χ1n) is 10.6. The molecular formula is C24H21Cl2N3O6S. The second-order valence-electron chi connectivity index (χ2n) is 7.81. The summed E-state index contributed by atoms with van der Waals surface area (Å²) in [5, 5.41) is 2.27.